The molecule has 2 aromatic carbocycles. The average Bonchev–Trinajstić information content (AvgIpc) is 2.65. The van der Waals surface area contributed by atoms with Crippen LogP contribution in [-0.4, -0.2) is 35.6 Å². The summed E-state index contributed by atoms with van der Waals surface area (Å²) in [5, 5.41) is 9.45. The Labute approximate surface area is 147 Å². The lowest BCUT2D eigenvalue weighted by molar-refractivity contribution is 0.0690. The number of fused-ring (bicyclic) bond motifs is 1. The second-order valence-electron chi connectivity index (χ2n) is 5.42. The molecule has 0 saturated heterocycles. The van der Waals surface area contributed by atoms with E-state index in [1.807, 2.05) is 0 Å². The Bertz CT molecular complexity index is 1000. The van der Waals surface area contributed by atoms with E-state index in [0.717, 1.165) is 0 Å². The third kappa shape index (κ3) is 3.61. The number of hydrogen-bond acceptors (Lipinski definition) is 5. The molecule has 0 amide bonds. The van der Waals surface area contributed by atoms with Crippen LogP contribution >= 0.6 is 0 Å². The van der Waals surface area contributed by atoms with Crippen LogP contribution in [0.2, 0.25) is 0 Å². The number of carbonyl (C=O) groups is 2. The molecule has 1 aromatic heterocycles. The molecule has 26 heavy (non-hydrogen) atoms. The van der Waals surface area contributed by atoms with Crippen molar-refractivity contribution in [2.24, 2.45) is 0 Å². The molecule has 1 heterocycles. The minimum atomic E-state index is -1.25. The van der Waals surface area contributed by atoms with Gasteiger partial charge >= 0.3 is 5.97 Å². The van der Waals surface area contributed by atoms with Crippen LogP contribution < -0.4 is 9.47 Å². The van der Waals surface area contributed by atoms with Crippen LogP contribution in [0.4, 0.5) is 4.39 Å². The second kappa shape index (κ2) is 7.18. The number of methoxy groups -OCH3 is 1. The monoisotopic (exact) mass is 355 g/mol. The number of carbonyl (C=O) groups excluding carboxylic acids is 1. The Morgan fingerprint density at radius 2 is 1.96 bits per heavy atom. The molecule has 0 aliphatic rings. The number of ether oxygens (including phenoxy) is 2. The van der Waals surface area contributed by atoms with Crippen molar-refractivity contribution in [3.8, 4) is 11.5 Å². The molecular formula is C19H14FNO5. The van der Waals surface area contributed by atoms with Crippen molar-refractivity contribution in [1.82, 2.24) is 4.98 Å². The number of halogens is 1. The standard InChI is InChI=1S/C19H14FNO5/c1-25-13-4-2-3-11(7-13)17(22)10-26-18-9-16(19(23)24)21-15-6-5-12(20)8-14(15)18/h2-9H,10H2,1H3,(H,23,24). The normalized spacial score (nSPS) is 10.5. The van der Waals surface area contributed by atoms with Gasteiger partial charge in [-0.25, -0.2) is 14.2 Å². The number of carboxylic acids is 1. The summed E-state index contributed by atoms with van der Waals surface area (Å²) in [5.74, 6) is -1.50. The smallest absolute Gasteiger partial charge is 0.354 e. The quantitative estimate of drug-likeness (QED) is 0.683. The maximum atomic E-state index is 13.5. The molecule has 132 valence electrons. The molecule has 0 bridgehead atoms. The van der Waals surface area contributed by atoms with Gasteiger partial charge in [0.1, 0.15) is 17.3 Å². The minimum Gasteiger partial charge on any atom is -0.497 e. The first-order valence-electron chi connectivity index (χ1n) is 7.61. The van der Waals surface area contributed by atoms with E-state index in [0.29, 0.717) is 11.3 Å². The molecule has 0 radical (unpaired) electrons. The van der Waals surface area contributed by atoms with Crippen LogP contribution in [-0.2, 0) is 0 Å². The lowest BCUT2D eigenvalue weighted by Crippen LogP contribution is -2.12. The van der Waals surface area contributed by atoms with Crippen molar-refractivity contribution in [3.05, 3.63) is 65.6 Å². The van der Waals surface area contributed by atoms with E-state index in [2.05, 4.69) is 4.98 Å². The van der Waals surface area contributed by atoms with Gasteiger partial charge in [-0.3, -0.25) is 4.79 Å². The average molecular weight is 355 g/mol. The molecule has 0 atom stereocenters. The molecule has 1 N–H and O–H groups in total. The van der Waals surface area contributed by atoms with Gasteiger partial charge < -0.3 is 14.6 Å². The number of benzene rings is 2. The van der Waals surface area contributed by atoms with Crippen LogP contribution in [0.25, 0.3) is 10.9 Å². The van der Waals surface area contributed by atoms with Crippen molar-refractivity contribution >= 4 is 22.7 Å². The van der Waals surface area contributed by atoms with Gasteiger partial charge in [-0.1, -0.05) is 12.1 Å². The molecule has 7 heteroatoms. The number of Topliss-reactive ketones (excluding diaryl/α,β-unsaturated/α-hetero) is 1. The predicted molar refractivity (Wildman–Crippen MR) is 91.5 cm³/mol. The van der Waals surface area contributed by atoms with Crippen molar-refractivity contribution in [2.75, 3.05) is 13.7 Å². The van der Waals surface area contributed by atoms with E-state index >= 15 is 0 Å². The molecule has 0 unspecified atom stereocenters. The van der Waals surface area contributed by atoms with Crippen molar-refractivity contribution in [2.45, 2.75) is 0 Å². The summed E-state index contributed by atoms with van der Waals surface area (Å²) in [7, 11) is 1.49. The fraction of sp³-hybridized carbons (Fsp3) is 0.105. The van der Waals surface area contributed by atoms with Gasteiger partial charge in [0.25, 0.3) is 0 Å². The highest BCUT2D eigenvalue weighted by Gasteiger charge is 2.15. The van der Waals surface area contributed by atoms with E-state index in [1.165, 1.54) is 31.4 Å². The largest absolute Gasteiger partial charge is 0.497 e. The van der Waals surface area contributed by atoms with Crippen LogP contribution in [0.15, 0.2) is 48.5 Å². The highest BCUT2D eigenvalue weighted by molar-refractivity contribution is 5.98. The highest BCUT2D eigenvalue weighted by atomic mass is 19.1. The third-order valence-electron chi connectivity index (χ3n) is 3.70. The third-order valence-corrected chi connectivity index (χ3v) is 3.70. The number of aromatic carboxylic acids is 1. The van der Waals surface area contributed by atoms with Gasteiger partial charge in [0, 0.05) is 17.0 Å². The first-order chi connectivity index (χ1) is 12.5. The topological polar surface area (TPSA) is 85.7 Å². The summed E-state index contributed by atoms with van der Waals surface area (Å²) in [6, 6.07) is 11.4. The number of ketones is 1. The van der Waals surface area contributed by atoms with Crippen LogP contribution in [0.3, 0.4) is 0 Å². The molecular weight excluding hydrogens is 341 g/mol. The maximum absolute atomic E-state index is 13.5. The van der Waals surface area contributed by atoms with Crippen molar-refractivity contribution in [3.63, 3.8) is 0 Å². The summed E-state index contributed by atoms with van der Waals surface area (Å²) in [4.78, 5) is 27.5. The Balaban J connectivity index is 1.90. The molecule has 0 aliphatic carbocycles. The van der Waals surface area contributed by atoms with Crippen molar-refractivity contribution < 1.29 is 28.6 Å². The second-order valence-corrected chi connectivity index (χ2v) is 5.42. The molecule has 3 aromatic rings. The fourth-order valence-electron chi connectivity index (χ4n) is 2.42. The summed E-state index contributed by atoms with van der Waals surface area (Å²) < 4.78 is 24.1. The minimum absolute atomic E-state index is 0.0724. The van der Waals surface area contributed by atoms with E-state index in [-0.39, 0.29) is 34.7 Å². The Hall–Kier alpha value is -3.48. The van der Waals surface area contributed by atoms with Gasteiger partial charge in [-0.05, 0) is 30.3 Å². The molecule has 0 fully saturated rings. The Kier molecular flexibility index (Phi) is 4.79. The van der Waals surface area contributed by atoms with E-state index < -0.39 is 11.8 Å². The first kappa shape index (κ1) is 17.3. The number of hydrogen-bond donors (Lipinski definition) is 1. The number of rotatable bonds is 6. The summed E-state index contributed by atoms with van der Waals surface area (Å²) in [6.45, 7) is -0.345. The zero-order chi connectivity index (χ0) is 18.7. The SMILES string of the molecule is COc1cccc(C(=O)COc2cc(C(=O)O)nc3ccc(F)cc23)c1. The van der Waals surface area contributed by atoms with Gasteiger partial charge in [-0.15, -0.1) is 0 Å². The summed E-state index contributed by atoms with van der Waals surface area (Å²) in [6.07, 6.45) is 0. The summed E-state index contributed by atoms with van der Waals surface area (Å²) in [5.41, 5.74) is 0.385. The van der Waals surface area contributed by atoms with Gasteiger partial charge in [-0.2, -0.15) is 0 Å². The number of pyridine rings is 1. The Morgan fingerprint density at radius 3 is 2.69 bits per heavy atom. The molecule has 3 rings (SSSR count). The number of carboxylic acid groups (broad SMARTS) is 1. The van der Waals surface area contributed by atoms with Crippen molar-refractivity contribution in [1.29, 1.82) is 0 Å². The number of aromatic nitrogens is 1. The summed E-state index contributed by atoms with van der Waals surface area (Å²) >= 11 is 0. The fourth-order valence-corrected chi connectivity index (χ4v) is 2.42. The van der Waals surface area contributed by atoms with E-state index in [1.54, 1.807) is 24.3 Å². The zero-order valence-corrected chi connectivity index (χ0v) is 13.7. The van der Waals surface area contributed by atoms with Crippen LogP contribution in [0, 0.1) is 5.82 Å². The Morgan fingerprint density at radius 1 is 1.15 bits per heavy atom. The lowest BCUT2D eigenvalue weighted by Gasteiger charge is -2.10. The zero-order valence-electron chi connectivity index (χ0n) is 13.7. The van der Waals surface area contributed by atoms with Gasteiger partial charge in [0.15, 0.2) is 18.1 Å². The first-order valence-corrected chi connectivity index (χ1v) is 7.61. The van der Waals surface area contributed by atoms with Crippen LogP contribution in [0.1, 0.15) is 20.8 Å². The molecule has 0 saturated carbocycles. The molecule has 0 aliphatic heterocycles. The van der Waals surface area contributed by atoms with Gasteiger partial charge in [0.2, 0.25) is 0 Å². The molecule has 6 nitrogen and oxygen atoms in total. The maximum Gasteiger partial charge on any atom is 0.354 e. The predicted octanol–water partition coefficient (Wildman–Crippen LogP) is 3.34. The van der Waals surface area contributed by atoms with E-state index in [9.17, 15) is 14.0 Å². The van der Waals surface area contributed by atoms with E-state index in [4.69, 9.17) is 14.6 Å². The van der Waals surface area contributed by atoms with Gasteiger partial charge in [0.05, 0.1) is 12.6 Å². The molecule has 0 spiro atoms. The van der Waals surface area contributed by atoms with Crippen LogP contribution in [0.5, 0.6) is 11.5 Å². The number of nitrogens with zero attached hydrogens (tertiary/aromatic N) is 1. The highest BCUT2D eigenvalue weighted by Crippen LogP contribution is 2.27. The lowest BCUT2D eigenvalue weighted by atomic mass is 10.1.